The molecule has 0 spiro atoms. The van der Waals surface area contributed by atoms with Gasteiger partial charge in [0.2, 0.25) is 0 Å². The van der Waals surface area contributed by atoms with E-state index >= 15 is 0 Å². The lowest BCUT2D eigenvalue weighted by atomic mass is 10.1. The number of halogens is 1. The third-order valence-electron chi connectivity index (χ3n) is 3.24. The van der Waals surface area contributed by atoms with Crippen molar-refractivity contribution in [1.29, 1.82) is 0 Å². The lowest BCUT2D eigenvalue weighted by molar-refractivity contribution is 0.0504. The van der Waals surface area contributed by atoms with Crippen LogP contribution in [-0.4, -0.2) is 19.2 Å². The first-order valence-corrected chi connectivity index (χ1v) is 7.28. The fraction of sp³-hybridized carbons (Fsp3) is 0.600. The van der Waals surface area contributed by atoms with Gasteiger partial charge in [0.1, 0.15) is 0 Å². The summed E-state index contributed by atoms with van der Waals surface area (Å²) in [6.45, 7) is 3.84. The maximum absolute atomic E-state index is 6.25. The molecule has 2 rings (SSSR count). The van der Waals surface area contributed by atoms with E-state index in [1.54, 1.807) is 0 Å². The van der Waals surface area contributed by atoms with Crippen LogP contribution in [0, 0.1) is 0 Å². The highest BCUT2D eigenvalue weighted by atomic mass is 35.5. The first-order valence-electron chi connectivity index (χ1n) is 6.90. The van der Waals surface area contributed by atoms with Crippen molar-refractivity contribution in [3.8, 4) is 0 Å². The average Bonchev–Trinajstić information content (AvgIpc) is 3.19. The van der Waals surface area contributed by atoms with Crippen LogP contribution >= 0.6 is 11.6 Å². The summed E-state index contributed by atoms with van der Waals surface area (Å²) >= 11 is 6.25. The van der Waals surface area contributed by atoms with Crippen molar-refractivity contribution in [2.24, 2.45) is 0 Å². The van der Waals surface area contributed by atoms with Gasteiger partial charge in [0.25, 0.3) is 0 Å². The van der Waals surface area contributed by atoms with E-state index in [1.807, 2.05) is 18.2 Å². The van der Waals surface area contributed by atoms with Crippen LogP contribution in [0.4, 0.5) is 0 Å². The van der Waals surface area contributed by atoms with E-state index in [-0.39, 0.29) is 6.10 Å². The van der Waals surface area contributed by atoms with Crippen LogP contribution in [0.15, 0.2) is 24.3 Å². The molecule has 0 radical (unpaired) electrons. The number of hydrogen-bond acceptors (Lipinski definition) is 2. The highest BCUT2D eigenvalue weighted by molar-refractivity contribution is 6.31. The molecule has 1 N–H and O–H groups in total. The largest absolute Gasteiger partial charge is 0.372 e. The standard InChI is InChI=1S/C15H22ClNO/c1-2-3-10-18-15(11-17-12-8-9-12)13-6-4-5-7-14(13)16/h4-7,12,15,17H,2-3,8-11H2,1H3. The summed E-state index contributed by atoms with van der Waals surface area (Å²) < 4.78 is 5.98. The molecule has 1 atom stereocenters. The van der Waals surface area contributed by atoms with Crippen LogP contribution in [0.1, 0.15) is 44.3 Å². The van der Waals surface area contributed by atoms with Gasteiger partial charge in [-0.3, -0.25) is 0 Å². The summed E-state index contributed by atoms with van der Waals surface area (Å²) in [5.41, 5.74) is 1.10. The topological polar surface area (TPSA) is 21.3 Å². The van der Waals surface area contributed by atoms with E-state index in [2.05, 4.69) is 18.3 Å². The van der Waals surface area contributed by atoms with Gasteiger partial charge in [-0.05, 0) is 25.3 Å². The van der Waals surface area contributed by atoms with Crippen molar-refractivity contribution < 1.29 is 4.74 Å². The molecule has 100 valence electrons. The summed E-state index contributed by atoms with van der Waals surface area (Å²) in [6.07, 6.45) is 4.93. The predicted octanol–water partition coefficient (Wildman–Crippen LogP) is 3.95. The molecule has 3 heteroatoms. The minimum Gasteiger partial charge on any atom is -0.372 e. The van der Waals surface area contributed by atoms with E-state index in [0.29, 0.717) is 6.04 Å². The molecule has 1 unspecified atom stereocenters. The molecule has 1 aromatic rings. The molecule has 0 aliphatic heterocycles. The Morgan fingerprint density at radius 2 is 2.17 bits per heavy atom. The van der Waals surface area contributed by atoms with E-state index in [0.717, 1.165) is 36.6 Å². The van der Waals surface area contributed by atoms with Gasteiger partial charge in [-0.1, -0.05) is 43.1 Å². The zero-order valence-electron chi connectivity index (χ0n) is 11.0. The van der Waals surface area contributed by atoms with E-state index in [1.165, 1.54) is 12.8 Å². The summed E-state index contributed by atoms with van der Waals surface area (Å²) in [4.78, 5) is 0. The molecule has 0 amide bonds. The molecule has 1 fully saturated rings. The number of rotatable bonds is 8. The van der Waals surface area contributed by atoms with Gasteiger partial charge in [-0.15, -0.1) is 0 Å². The summed E-state index contributed by atoms with van der Waals surface area (Å²) in [7, 11) is 0. The molecule has 0 saturated heterocycles. The first-order chi connectivity index (χ1) is 8.81. The maximum atomic E-state index is 6.25. The number of nitrogens with one attached hydrogen (secondary N) is 1. The molecule has 0 bridgehead atoms. The van der Waals surface area contributed by atoms with Gasteiger partial charge in [0.05, 0.1) is 6.10 Å². The van der Waals surface area contributed by atoms with Crippen molar-refractivity contribution >= 4 is 11.6 Å². The smallest absolute Gasteiger partial charge is 0.0963 e. The van der Waals surface area contributed by atoms with Gasteiger partial charge in [-0.2, -0.15) is 0 Å². The third-order valence-corrected chi connectivity index (χ3v) is 3.58. The normalized spacial score (nSPS) is 16.8. The molecular formula is C15H22ClNO. The Bertz CT molecular complexity index is 365. The highest BCUT2D eigenvalue weighted by Gasteiger charge is 2.23. The predicted molar refractivity (Wildman–Crippen MR) is 76.1 cm³/mol. The molecule has 1 aliphatic carbocycles. The SMILES string of the molecule is CCCCOC(CNC1CC1)c1ccccc1Cl. The van der Waals surface area contributed by atoms with Gasteiger partial charge >= 0.3 is 0 Å². The van der Waals surface area contributed by atoms with Gasteiger partial charge in [0, 0.05) is 29.8 Å². The second-order valence-corrected chi connectivity index (χ2v) is 5.32. The summed E-state index contributed by atoms with van der Waals surface area (Å²) in [5.74, 6) is 0. The van der Waals surface area contributed by atoms with Crippen molar-refractivity contribution in [2.45, 2.75) is 44.8 Å². The Labute approximate surface area is 115 Å². The van der Waals surface area contributed by atoms with Crippen LogP contribution in [-0.2, 0) is 4.74 Å². The Morgan fingerprint density at radius 1 is 1.39 bits per heavy atom. The van der Waals surface area contributed by atoms with Crippen molar-refractivity contribution in [1.82, 2.24) is 5.32 Å². The molecule has 0 heterocycles. The van der Waals surface area contributed by atoms with E-state index < -0.39 is 0 Å². The number of hydrogen-bond donors (Lipinski definition) is 1. The molecule has 1 aromatic carbocycles. The summed E-state index contributed by atoms with van der Waals surface area (Å²) in [5, 5.41) is 4.33. The van der Waals surface area contributed by atoms with Gasteiger partial charge in [0.15, 0.2) is 0 Å². The molecule has 0 aromatic heterocycles. The fourth-order valence-corrected chi connectivity index (χ4v) is 2.18. The van der Waals surface area contributed by atoms with Crippen molar-refractivity contribution in [3.63, 3.8) is 0 Å². The zero-order valence-corrected chi connectivity index (χ0v) is 11.7. The monoisotopic (exact) mass is 267 g/mol. The van der Waals surface area contributed by atoms with Gasteiger partial charge < -0.3 is 10.1 Å². The Balaban J connectivity index is 1.95. The fourth-order valence-electron chi connectivity index (χ4n) is 1.93. The van der Waals surface area contributed by atoms with Crippen LogP contribution < -0.4 is 5.32 Å². The van der Waals surface area contributed by atoms with Crippen LogP contribution in [0.25, 0.3) is 0 Å². The maximum Gasteiger partial charge on any atom is 0.0963 e. The van der Waals surface area contributed by atoms with E-state index in [4.69, 9.17) is 16.3 Å². The molecule has 2 nitrogen and oxygen atoms in total. The van der Waals surface area contributed by atoms with Crippen molar-refractivity contribution in [2.75, 3.05) is 13.2 Å². The molecule has 1 aliphatic rings. The van der Waals surface area contributed by atoms with Crippen LogP contribution in [0.3, 0.4) is 0 Å². The Kier molecular flexibility index (Phi) is 5.48. The molecular weight excluding hydrogens is 246 g/mol. The minimum absolute atomic E-state index is 0.0749. The second kappa shape index (κ2) is 7.13. The summed E-state index contributed by atoms with van der Waals surface area (Å²) in [6, 6.07) is 8.68. The lowest BCUT2D eigenvalue weighted by Gasteiger charge is -2.20. The molecule has 18 heavy (non-hydrogen) atoms. The van der Waals surface area contributed by atoms with E-state index in [9.17, 15) is 0 Å². The third kappa shape index (κ3) is 4.27. The first kappa shape index (κ1) is 13.9. The zero-order chi connectivity index (χ0) is 12.8. The van der Waals surface area contributed by atoms with Crippen LogP contribution in [0.2, 0.25) is 5.02 Å². The number of benzene rings is 1. The quantitative estimate of drug-likeness (QED) is 0.720. The Hall–Kier alpha value is -0.570. The van der Waals surface area contributed by atoms with Gasteiger partial charge in [-0.25, -0.2) is 0 Å². The molecule has 1 saturated carbocycles. The average molecular weight is 268 g/mol. The second-order valence-electron chi connectivity index (χ2n) is 4.92. The lowest BCUT2D eigenvalue weighted by Crippen LogP contribution is -2.25. The number of ether oxygens (including phenoxy) is 1. The minimum atomic E-state index is 0.0749. The van der Waals surface area contributed by atoms with Crippen LogP contribution in [0.5, 0.6) is 0 Å². The highest BCUT2D eigenvalue weighted by Crippen LogP contribution is 2.27. The Morgan fingerprint density at radius 3 is 2.83 bits per heavy atom. The number of unbranched alkanes of at least 4 members (excludes halogenated alkanes) is 1. The van der Waals surface area contributed by atoms with Crippen molar-refractivity contribution in [3.05, 3.63) is 34.9 Å².